The van der Waals surface area contributed by atoms with Crippen LogP contribution in [0.5, 0.6) is 0 Å². The summed E-state index contributed by atoms with van der Waals surface area (Å²) in [5.41, 5.74) is -1.43. The number of nitrogens with zero attached hydrogens (tertiary/aromatic N) is 2. The summed E-state index contributed by atoms with van der Waals surface area (Å²) in [5.74, 6) is -6.98. The van der Waals surface area contributed by atoms with Crippen molar-refractivity contribution < 1.29 is 59.8 Å². The highest BCUT2D eigenvalue weighted by molar-refractivity contribution is 7.91. The predicted octanol–water partition coefficient (Wildman–Crippen LogP) is 2.44. The molecule has 3 saturated carbocycles. The summed E-state index contributed by atoms with van der Waals surface area (Å²) in [4.78, 5) is 83.8. The molecule has 5 aliphatic rings. The molecule has 4 fully saturated rings. The standard InChI is InChI=1S/C37H49F3N6O10S/c1-19(2)28(41-32(48)29(42-35(51)55-3)20-8-5-4-6-9-20)33(49)46-17-22(56-36(52)45-16-21-10-7-11-26(38)24(21)18-45)14-27(46)31(47)43-37(15-25(37)30(39)40)34(50)44-57(53,54)23-12-13-23/h7,10-11,19-20,22-23,25,27-30H,4-6,8-9,12-18H2,1-3H3,(H,41,48)(H,42,51)(H,43,47)(H,44,50)/t22-,25+,27?,28+,29+,37+/m1/s1. The Morgan fingerprint density at radius 1 is 0.965 bits per heavy atom. The fourth-order valence-electron chi connectivity index (χ4n) is 8.13. The van der Waals surface area contributed by atoms with E-state index in [1.807, 2.05) is 4.72 Å². The largest absolute Gasteiger partial charge is 0.453 e. The van der Waals surface area contributed by atoms with Crippen molar-refractivity contribution in [2.45, 2.75) is 126 Å². The van der Waals surface area contributed by atoms with Gasteiger partial charge >= 0.3 is 12.2 Å². The van der Waals surface area contributed by atoms with Crippen LogP contribution >= 0.6 is 0 Å². The number of sulfonamides is 1. The van der Waals surface area contributed by atoms with Crippen molar-refractivity contribution in [3.8, 4) is 0 Å². The van der Waals surface area contributed by atoms with Crippen LogP contribution in [0, 0.1) is 23.6 Å². The van der Waals surface area contributed by atoms with Gasteiger partial charge in [-0.25, -0.2) is 31.2 Å². The fourth-order valence-corrected chi connectivity index (χ4v) is 9.49. The number of nitrogens with one attached hydrogen (secondary N) is 4. The van der Waals surface area contributed by atoms with Crippen LogP contribution in [0.1, 0.15) is 82.8 Å². The van der Waals surface area contributed by atoms with E-state index in [0.29, 0.717) is 24.0 Å². The Labute approximate surface area is 328 Å². The minimum atomic E-state index is -4.19. The van der Waals surface area contributed by atoms with E-state index in [4.69, 9.17) is 9.47 Å². The van der Waals surface area contributed by atoms with Gasteiger partial charge in [0, 0.05) is 18.5 Å². The number of alkyl carbamates (subject to hydrolysis) is 1. The van der Waals surface area contributed by atoms with Gasteiger partial charge in [0.1, 0.15) is 35.6 Å². The summed E-state index contributed by atoms with van der Waals surface area (Å²) in [7, 11) is -3.04. The first-order valence-corrected chi connectivity index (χ1v) is 20.8. The first-order chi connectivity index (χ1) is 26.9. The van der Waals surface area contributed by atoms with Crippen LogP contribution < -0.4 is 20.7 Å². The SMILES string of the molecule is COC(=O)N[C@H](C(=O)N[C@H](C(=O)N1C[C@H](OC(=O)N2Cc3cccc(F)c3C2)CC1C(=O)N[C@@]1(C(=O)NS(=O)(=O)C2CC2)C[C@H]1C(F)F)C(C)C)C1CCCCC1. The van der Waals surface area contributed by atoms with Crippen molar-refractivity contribution in [3.63, 3.8) is 0 Å². The number of methoxy groups -OCH3 is 1. The topological polar surface area (TPSA) is 210 Å². The Hall–Kier alpha value is -4.62. The summed E-state index contributed by atoms with van der Waals surface area (Å²) in [6.07, 6.45) is -2.48. The number of amides is 6. The van der Waals surface area contributed by atoms with Crippen LogP contribution in [0.25, 0.3) is 0 Å². The van der Waals surface area contributed by atoms with Gasteiger partial charge in [0.2, 0.25) is 34.2 Å². The highest BCUT2D eigenvalue weighted by Gasteiger charge is 2.67. The van der Waals surface area contributed by atoms with Crippen molar-refractivity contribution in [3.05, 3.63) is 35.1 Å². The molecule has 16 nitrogen and oxygen atoms in total. The number of ether oxygens (including phenoxy) is 2. The highest BCUT2D eigenvalue weighted by Crippen LogP contribution is 2.48. The van der Waals surface area contributed by atoms with Crippen molar-refractivity contribution in [2.24, 2.45) is 17.8 Å². The molecule has 57 heavy (non-hydrogen) atoms. The number of likely N-dealkylation sites (tertiary alicyclic amines) is 1. The Morgan fingerprint density at radius 2 is 1.67 bits per heavy atom. The van der Waals surface area contributed by atoms with Gasteiger partial charge in [0.05, 0.1) is 31.4 Å². The molecule has 0 aromatic heterocycles. The van der Waals surface area contributed by atoms with Crippen LogP contribution in [-0.4, -0.2) is 109 Å². The fraction of sp³-hybridized carbons (Fsp3) is 0.676. The molecule has 1 aromatic carbocycles. The first kappa shape index (κ1) is 42.0. The second-order valence-electron chi connectivity index (χ2n) is 16.0. The Kier molecular flexibility index (Phi) is 12.3. The van der Waals surface area contributed by atoms with Gasteiger partial charge in [-0.3, -0.25) is 28.8 Å². The van der Waals surface area contributed by atoms with Crippen LogP contribution in [0.15, 0.2) is 18.2 Å². The van der Waals surface area contributed by atoms with Crippen LogP contribution in [0.3, 0.4) is 0 Å². The molecule has 2 heterocycles. The molecular formula is C37H49F3N6O10S. The summed E-state index contributed by atoms with van der Waals surface area (Å²) < 4.78 is 80.2. The number of carbonyl (C=O) groups excluding carboxylic acids is 6. The Morgan fingerprint density at radius 3 is 2.26 bits per heavy atom. The summed E-state index contributed by atoms with van der Waals surface area (Å²) in [6, 6.07) is 0.531. The molecule has 1 aromatic rings. The average molecular weight is 827 g/mol. The van der Waals surface area contributed by atoms with E-state index in [1.54, 1.807) is 19.9 Å². The van der Waals surface area contributed by atoms with Crippen molar-refractivity contribution in [1.29, 1.82) is 0 Å². The minimum absolute atomic E-state index is 0.0326. The lowest BCUT2D eigenvalue weighted by molar-refractivity contribution is -0.143. The van der Waals surface area contributed by atoms with E-state index in [0.717, 1.165) is 31.3 Å². The number of alkyl halides is 2. The molecule has 0 bridgehead atoms. The molecule has 6 rings (SSSR count). The van der Waals surface area contributed by atoms with E-state index < -0.39 is 118 Å². The maximum absolute atomic E-state index is 14.5. The molecule has 6 amide bonds. The van der Waals surface area contributed by atoms with Gasteiger partial charge in [-0.1, -0.05) is 45.2 Å². The molecule has 6 atom stereocenters. The Bertz CT molecular complexity index is 1880. The van der Waals surface area contributed by atoms with Gasteiger partial charge in [0.15, 0.2) is 0 Å². The van der Waals surface area contributed by atoms with Gasteiger partial charge in [-0.2, -0.15) is 0 Å². The maximum atomic E-state index is 14.5. The molecule has 20 heteroatoms. The van der Waals surface area contributed by atoms with E-state index >= 15 is 0 Å². The second kappa shape index (κ2) is 16.7. The van der Waals surface area contributed by atoms with E-state index in [2.05, 4.69) is 16.0 Å². The summed E-state index contributed by atoms with van der Waals surface area (Å²) in [5, 5.41) is 6.76. The average Bonchev–Trinajstić information content (AvgIpc) is 4.07. The van der Waals surface area contributed by atoms with E-state index in [-0.39, 0.29) is 38.3 Å². The normalized spacial score (nSPS) is 25.6. The number of benzene rings is 1. The van der Waals surface area contributed by atoms with Gasteiger partial charge < -0.3 is 30.3 Å². The van der Waals surface area contributed by atoms with E-state index in [1.165, 1.54) is 17.0 Å². The highest BCUT2D eigenvalue weighted by atomic mass is 32.2. The first-order valence-electron chi connectivity index (χ1n) is 19.3. The maximum Gasteiger partial charge on any atom is 0.410 e. The zero-order chi connectivity index (χ0) is 41.4. The van der Waals surface area contributed by atoms with E-state index in [9.17, 15) is 50.4 Å². The molecule has 2 aliphatic heterocycles. The molecular weight excluding hydrogens is 778 g/mol. The Balaban J connectivity index is 1.24. The molecule has 4 N–H and O–H groups in total. The third kappa shape index (κ3) is 9.09. The predicted molar refractivity (Wildman–Crippen MR) is 194 cm³/mol. The molecule has 3 aliphatic carbocycles. The lowest BCUT2D eigenvalue weighted by atomic mass is 9.83. The van der Waals surface area contributed by atoms with Crippen LogP contribution in [-0.2, 0) is 51.8 Å². The van der Waals surface area contributed by atoms with Crippen molar-refractivity contribution in [2.75, 3.05) is 13.7 Å². The summed E-state index contributed by atoms with van der Waals surface area (Å²) in [6.45, 7) is 2.81. The zero-order valence-electron chi connectivity index (χ0n) is 31.9. The number of carbonyl (C=O) groups is 6. The monoisotopic (exact) mass is 826 g/mol. The lowest BCUT2D eigenvalue weighted by Crippen LogP contribution is -2.61. The quantitative estimate of drug-likeness (QED) is 0.228. The third-order valence-electron chi connectivity index (χ3n) is 11.7. The molecule has 0 spiro atoms. The second-order valence-corrected chi connectivity index (χ2v) is 18.0. The van der Waals surface area contributed by atoms with Crippen LogP contribution in [0.2, 0.25) is 0 Å². The molecule has 1 saturated heterocycles. The van der Waals surface area contributed by atoms with Crippen LogP contribution in [0.4, 0.5) is 22.8 Å². The van der Waals surface area contributed by atoms with Gasteiger partial charge in [-0.15, -0.1) is 0 Å². The smallest absolute Gasteiger partial charge is 0.410 e. The zero-order valence-corrected chi connectivity index (χ0v) is 32.7. The lowest BCUT2D eigenvalue weighted by Gasteiger charge is -2.34. The van der Waals surface area contributed by atoms with Crippen molar-refractivity contribution in [1.82, 2.24) is 30.5 Å². The molecule has 314 valence electrons. The van der Waals surface area contributed by atoms with Crippen molar-refractivity contribution >= 4 is 45.8 Å². The number of hydrogen-bond donors (Lipinski definition) is 4. The number of hydrogen-bond acceptors (Lipinski definition) is 10. The molecule has 0 radical (unpaired) electrons. The molecule has 1 unspecified atom stereocenters. The van der Waals surface area contributed by atoms with Gasteiger partial charge in [-0.05, 0) is 55.6 Å². The summed E-state index contributed by atoms with van der Waals surface area (Å²) >= 11 is 0. The number of fused-ring (bicyclic) bond motifs is 1. The van der Waals surface area contributed by atoms with Gasteiger partial charge in [0.25, 0.3) is 5.91 Å². The number of halogens is 3. The third-order valence-corrected chi connectivity index (χ3v) is 13.5. The minimum Gasteiger partial charge on any atom is -0.453 e. The number of rotatable bonds is 13.